The van der Waals surface area contributed by atoms with Gasteiger partial charge in [-0.3, -0.25) is 0 Å². The molecular weight excluding hydrogens is 188 g/mol. The molecule has 5 nitrogen and oxygen atoms in total. The second-order valence-corrected chi connectivity index (χ2v) is 2.95. The molecule has 1 saturated heterocycles. The van der Waals surface area contributed by atoms with Gasteiger partial charge in [0.2, 0.25) is 0 Å². The SMILES string of the molecule is CC.CC[C@@H]1OC(O)[C@H](O)[C@@H](O)C1O. The third-order valence-electron chi connectivity index (χ3n) is 2.09. The molecule has 1 aliphatic rings. The van der Waals surface area contributed by atoms with Crippen LogP contribution in [0.1, 0.15) is 27.2 Å². The van der Waals surface area contributed by atoms with Crippen LogP contribution in [0.2, 0.25) is 0 Å². The van der Waals surface area contributed by atoms with Crippen molar-refractivity contribution in [3.8, 4) is 0 Å². The van der Waals surface area contributed by atoms with Crippen LogP contribution in [0.4, 0.5) is 0 Å². The average Bonchev–Trinajstić information content (AvgIpc) is 2.23. The quantitative estimate of drug-likeness (QED) is 0.454. The standard InChI is InChI=1S/C7H14O5.C2H6/c1-2-3-4(8)5(9)6(10)7(11)12-3;1-2/h3-11H,2H2,1H3;1-2H3/t3-,4?,5-,6+,7?;/m0./s1. The van der Waals surface area contributed by atoms with Crippen molar-refractivity contribution >= 4 is 0 Å². The molecule has 0 aromatic heterocycles. The maximum atomic E-state index is 9.28. The van der Waals surface area contributed by atoms with Crippen LogP contribution in [-0.4, -0.2) is 51.1 Å². The highest BCUT2D eigenvalue weighted by molar-refractivity contribution is 4.87. The average molecular weight is 208 g/mol. The number of hydrogen-bond acceptors (Lipinski definition) is 5. The van der Waals surface area contributed by atoms with Crippen molar-refractivity contribution in [2.24, 2.45) is 0 Å². The second kappa shape index (κ2) is 6.31. The number of aliphatic hydroxyl groups is 4. The summed E-state index contributed by atoms with van der Waals surface area (Å²) in [6.45, 7) is 5.75. The van der Waals surface area contributed by atoms with Gasteiger partial charge in [0.15, 0.2) is 6.29 Å². The molecule has 0 aromatic carbocycles. The van der Waals surface area contributed by atoms with Crippen molar-refractivity contribution in [1.29, 1.82) is 0 Å². The fourth-order valence-electron chi connectivity index (χ4n) is 1.27. The highest BCUT2D eigenvalue weighted by Gasteiger charge is 2.41. The first kappa shape index (κ1) is 13.8. The lowest BCUT2D eigenvalue weighted by Crippen LogP contribution is -2.57. The van der Waals surface area contributed by atoms with E-state index in [1.807, 2.05) is 13.8 Å². The van der Waals surface area contributed by atoms with Gasteiger partial charge in [-0.1, -0.05) is 20.8 Å². The Labute approximate surface area is 83.9 Å². The first-order valence-corrected chi connectivity index (χ1v) is 4.95. The molecule has 0 aliphatic carbocycles. The van der Waals surface area contributed by atoms with Gasteiger partial charge in [0, 0.05) is 0 Å². The van der Waals surface area contributed by atoms with Crippen LogP contribution < -0.4 is 0 Å². The Morgan fingerprint density at radius 1 is 0.929 bits per heavy atom. The Balaban J connectivity index is 0.000000791. The molecule has 0 saturated carbocycles. The molecule has 0 radical (unpaired) electrons. The van der Waals surface area contributed by atoms with Gasteiger partial charge in [-0.25, -0.2) is 0 Å². The van der Waals surface area contributed by atoms with Crippen LogP contribution in [0.25, 0.3) is 0 Å². The molecule has 1 fully saturated rings. The van der Waals surface area contributed by atoms with Crippen LogP contribution in [0.15, 0.2) is 0 Å². The summed E-state index contributed by atoms with van der Waals surface area (Å²) < 4.78 is 4.83. The summed E-state index contributed by atoms with van der Waals surface area (Å²) in [5, 5.41) is 36.5. The third-order valence-corrected chi connectivity index (χ3v) is 2.09. The van der Waals surface area contributed by atoms with Gasteiger partial charge in [0.05, 0.1) is 6.10 Å². The van der Waals surface area contributed by atoms with E-state index in [1.165, 1.54) is 0 Å². The summed E-state index contributed by atoms with van der Waals surface area (Å²) in [4.78, 5) is 0. The molecule has 14 heavy (non-hydrogen) atoms. The van der Waals surface area contributed by atoms with Crippen molar-refractivity contribution in [2.75, 3.05) is 0 Å². The molecule has 86 valence electrons. The third kappa shape index (κ3) is 2.90. The normalized spacial score (nSPS) is 42.6. The maximum absolute atomic E-state index is 9.28. The van der Waals surface area contributed by atoms with E-state index in [0.29, 0.717) is 6.42 Å². The van der Waals surface area contributed by atoms with Gasteiger partial charge in [-0.05, 0) is 6.42 Å². The van der Waals surface area contributed by atoms with E-state index in [-0.39, 0.29) is 0 Å². The summed E-state index contributed by atoms with van der Waals surface area (Å²) in [5.74, 6) is 0. The molecule has 0 bridgehead atoms. The van der Waals surface area contributed by atoms with Gasteiger partial charge in [-0.15, -0.1) is 0 Å². The van der Waals surface area contributed by atoms with Crippen LogP contribution in [-0.2, 0) is 4.74 Å². The van der Waals surface area contributed by atoms with Gasteiger partial charge >= 0.3 is 0 Å². The van der Waals surface area contributed by atoms with E-state index in [1.54, 1.807) is 6.92 Å². The monoisotopic (exact) mass is 208 g/mol. The minimum Gasteiger partial charge on any atom is -0.388 e. The van der Waals surface area contributed by atoms with Crippen LogP contribution in [0, 0.1) is 0 Å². The first-order chi connectivity index (χ1) is 6.57. The van der Waals surface area contributed by atoms with Gasteiger partial charge in [0.25, 0.3) is 0 Å². The predicted molar refractivity (Wildman–Crippen MR) is 50.5 cm³/mol. The Bertz CT molecular complexity index is 147. The molecule has 5 heteroatoms. The van der Waals surface area contributed by atoms with E-state index >= 15 is 0 Å². The van der Waals surface area contributed by atoms with E-state index < -0.39 is 30.7 Å². The largest absolute Gasteiger partial charge is 0.388 e. The van der Waals surface area contributed by atoms with Gasteiger partial charge in [-0.2, -0.15) is 0 Å². The zero-order valence-corrected chi connectivity index (χ0v) is 8.79. The fourth-order valence-corrected chi connectivity index (χ4v) is 1.27. The van der Waals surface area contributed by atoms with Crippen LogP contribution >= 0.6 is 0 Å². The molecule has 5 atom stereocenters. The Morgan fingerprint density at radius 3 is 1.86 bits per heavy atom. The second-order valence-electron chi connectivity index (χ2n) is 2.95. The van der Waals surface area contributed by atoms with E-state index in [4.69, 9.17) is 14.9 Å². The zero-order chi connectivity index (χ0) is 11.3. The first-order valence-electron chi connectivity index (χ1n) is 4.95. The molecule has 1 aliphatic heterocycles. The van der Waals surface area contributed by atoms with Crippen molar-refractivity contribution in [2.45, 2.75) is 57.9 Å². The molecule has 1 rings (SSSR count). The lowest BCUT2D eigenvalue weighted by molar-refractivity contribution is -0.281. The van der Waals surface area contributed by atoms with E-state index in [2.05, 4.69) is 0 Å². The lowest BCUT2D eigenvalue weighted by Gasteiger charge is -2.37. The predicted octanol–water partition coefficient (Wildman–Crippen LogP) is -0.778. The summed E-state index contributed by atoms with van der Waals surface area (Å²) in [6.07, 6.45) is -5.44. The number of aliphatic hydroxyl groups excluding tert-OH is 4. The highest BCUT2D eigenvalue weighted by atomic mass is 16.6. The van der Waals surface area contributed by atoms with Gasteiger partial charge in [0.1, 0.15) is 18.3 Å². The van der Waals surface area contributed by atoms with Crippen molar-refractivity contribution in [1.82, 2.24) is 0 Å². The Morgan fingerprint density at radius 2 is 1.43 bits per heavy atom. The molecule has 0 amide bonds. The van der Waals surface area contributed by atoms with Crippen LogP contribution in [0.3, 0.4) is 0 Å². The van der Waals surface area contributed by atoms with E-state index in [9.17, 15) is 10.2 Å². The molecule has 1 heterocycles. The number of rotatable bonds is 1. The Kier molecular flexibility index (Phi) is 6.22. The number of hydrogen-bond donors (Lipinski definition) is 4. The topological polar surface area (TPSA) is 90.2 Å². The molecule has 4 N–H and O–H groups in total. The summed E-state index contributed by atoms with van der Waals surface area (Å²) in [6, 6.07) is 0. The van der Waals surface area contributed by atoms with Crippen LogP contribution in [0.5, 0.6) is 0 Å². The highest BCUT2D eigenvalue weighted by Crippen LogP contribution is 2.21. The summed E-state index contributed by atoms with van der Waals surface area (Å²) in [7, 11) is 0. The molecule has 2 unspecified atom stereocenters. The fraction of sp³-hybridized carbons (Fsp3) is 1.00. The van der Waals surface area contributed by atoms with Gasteiger partial charge < -0.3 is 25.2 Å². The van der Waals surface area contributed by atoms with Crippen molar-refractivity contribution < 1.29 is 25.2 Å². The summed E-state index contributed by atoms with van der Waals surface area (Å²) >= 11 is 0. The van der Waals surface area contributed by atoms with Crippen molar-refractivity contribution in [3.05, 3.63) is 0 Å². The van der Waals surface area contributed by atoms with Crippen molar-refractivity contribution in [3.63, 3.8) is 0 Å². The summed E-state index contributed by atoms with van der Waals surface area (Å²) in [5.41, 5.74) is 0. The maximum Gasteiger partial charge on any atom is 0.183 e. The smallest absolute Gasteiger partial charge is 0.183 e. The zero-order valence-electron chi connectivity index (χ0n) is 8.79. The lowest BCUT2D eigenvalue weighted by atomic mass is 9.97. The Hall–Kier alpha value is -0.200. The van der Waals surface area contributed by atoms with E-state index in [0.717, 1.165) is 0 Å². The minimum atomic E-state index is -1.43. The minimum absolute atomic E-state index is 0.474. The molecule has 0 spiro atoms. The molecular formula is C9H20O5. The molecule has 0 aromatic rings. The number of ether oxygens (including phenoxy) is 1.